The summed E-state index contributed by atoms with van der Waals surface area (Å²) >= 11 is 0. The third-order valence-corrected chi connectivity index (χ3v) is 5.30. The van der Waals surface area contributed by atoms with Gasteiger partial charge in [0.2, 0.25) is 0 Å². The zero-order chi connectivity index (χ0) is 18.8. The number of piperidine rings is 1. The van der Waals surface area contributed by atoms with E-state index in [1.165, 1.54) is 30.6 Å². The third-order valence-electron chi connectivity index (χ3n) is 5.30. The van der Waals surface area contributed by atoms with Crippen LogP contribution in [0.25, 0.3) is 10.9 Å². The Hall–Kier alpha value is -2.60. The molecule has 6 heteroatoms. The maximum atomic E-state index is 13.8. The van der Waals surface area contributed by atoms with Gasteiger partial charge in [-0.1, -0.05) is 18.2 Å². The van der Waals surface area contributed by atoms with E-state index < -0.39 is 5.82 Å². The number of likely N-dealkylation sites (tertiary alicyclic amines) is 1. The van der Waals surface area contributed by atoms with E-state index in [1.807, 2.05) is 12.1 Å². The number of halogens is 2. The molecule has 0 unspecified atom stereocenters. The summed E-state index contributed by atoms with van der Waals surface area (Å²) in [6.45, 7) is 2.97. The molecule has 0 N–H and O–H groups in total. The van der Waals surface area contributed by atoms with Gasteiger partial charge >= 0.3 is 0 Å². The Morgan fingerprint density at radius 3 is 2.63 bits per heavy atom. The highest BCUT2D eigenvalue weighted by Gasteiger charge is 2.21. The molecular weight excluding hydrogens is 348 g/mol. The fourth-order valence-electron chi connectivity index (χ4n) is 3.73. The number of rotatable bonds is 4. The third kappa shape index (κ3) is 3.90. The molecule has 0 aliphatic carbocycles. The fraction of sp³-hybridized carbons (Fsp3) is 0.333. The first-order valence-corrected chi connectivity index (χ1v) is 9.20. The summed E-state index contributed by atoms with van der Waals surface area (Å²) < 4.78 is 28.7. The molecule has 27 heavy (non-hydrogen) atoms. The number of nitrogens with zero attached hydrogens (tertiary/aromatic N) is 3. The molecule has 4 nitrogen and oxygen atoms in total. The van der Waals surface area contributed by atoms with Crippen LogP contribution in [0.5, 0.6) is 0 Å². The molecule has 4 rings (SSSR count). The van der Waals surface area contributed by atoms with Crippen LogP contribution in [-0.4, -0.2) is 27.5 Å². The van der Waals surface area contributed by atoms with Gasteiger partial charge in [-0.2, -0.15) is 0 Å². The molecule has 1 aromatic heterocycles. The Morgan fingerprint density at radius 1 is 1.07 bits per heavy atom. The first-order valence-electron chi connectivity index (χ1n) is 9.20. The molecule has 0 spiro atoms. The van der Waals surface area contributed by atoms with Gasteiger partial charge in [0.25, 0.3) is 5.56 Å². The second-order valence-electron chi connectivity index (χ2n) is 7.17. The van der Waals surface area contributed by atoms with Crippen molar-refractivity contribution in [2.45, 2.75) is 25.9 Å². The van der Waals surface area contributed by atoms with Crippen LogP contribution in [0.4, 0.5) is 8.78 Å². The lowest BCUT2D eigenvalue weighted by Gasteiger charge is -2.32. The molecule has 1 fully saturated rings. The minimum absolute atomic E-state index is 0.131. The van der Waals surface area contributed by atoms with Gasteiger partial charge < -0.3 is 0 Å². The van der Waals surface area contributed by atoms with Crippen molar-refractivity contribution < 1.29 is 8.78 Å². The molecule has 1 saturated heterocycles. The van der Waals surface area contributed by atoms with Crippen molar-refractivity contribution in [2.24, 2.45) is 5.92 Å². The van der Waals surface area contributed by atoms with E-state index in [-0.39, 0.29) is 11.4 Å². The Morgan fingerprint density at radius 2 is 1.85 bits per heavy atom. The molecule has 3 aromatic rings. The summed E-state index contributed by atoms with van der Waals surface area (Å²) in [4.78, 5) is 19.1. The van der Waals surface area contributed by atoms with Crippen LogP contribution in [0.1, 0.15) is 18.4 Å². The first-order chi connectivity index (χ1) is 13.1. The normalized spacial score (nSPS) is 16.1. The van der Waals surface area contributed by atoms with Crippen molar-refractivity contribution in [3.63, 3.8) is 0 Å². The highest BCUT2D eigenvalue weighted by Crippen LogP contribution is 2.21. The lowest BCUT2D eigenvalue weighted by molar-refractivity contribution is 0.165. The average Bonchev–Trinajstić information content (AvgIpc) is 2.67. The summed E-state index contributed by atoms with van der Waals surface area (Å²) in [5.74, 6) is -0.182. The minimum atomic E-state index is -0.394. The quantitative estimate of drug-likeness (QED) is 0.705. The lowest BCUT2D eigenvalue weighted by Crippen LogP contribution is -2.36. The Balaban J connectivity index is 1.40. The number of hydrogen-bond acceptors (Lipinski definition) is 3. The van der Waals surface area contributed by atoms with Gasteiger partial charge in [0, 0.05) is 24.7 Å². The Bertz CT molecular complexity index is 1010. The average molecular weight is 369 g/mol. The van der Waals surface area contributed by atoms with Crippen molar-refractivity contribution in [3.05, 3.63) is 76.3 Å². The predicted molar refractivity (Wildman–Crippen MR) is 100 cm³/mol. The van der Waals surface area contributed by atoms with E-state index in [4.69, 9.17) is 0 Å². The van der Waals surface area contributed by atoms with Crippen LogP contribution in [0.2, 0.25) is 0 Å². The Labute approximate surface area is 156 Å². The lowest BCUT2D eigenvalue weighted by atomic mass is 9.96. The standard InChI is InChI=1S/C21H21F2N3O/c22-17-5-6-18-20(11-17)24-14-26(21(18)27)12-15-7-9-25(10-8-15)13-16-3-1-2-4-19(16)23/h1-6,11,14-15H,7-10,12-13H2. The molecule has 1 aliphatic rings. The summed E-state index contributed by atoms with van der Waals surface area (Å²) in [5.41, 5.74) is 0.975. The SMILES string of the molecule is O=c1c2ccc(F)cc2ncn1CC1CCN(Cc2ccccc2F)CC1. The number of benzene rings is 2. The molecule has 0 amide bonds. The van der Waals surface area contributed by atoms with Gasteiger partial charge in [0.15, 0.2) is 0 Å². The molecular formula is C21H21F2N3O. The van der Waals surface area contributed by atoms with E-state index in [0.717, 1.165) is 31.5 Å². The smallest absolute Gasteiger partial charge is 0.261 e. The van der Waals surface area contributed by atoms with Gasteiger partial charge in [-0.3, -0.25) is 14.3 Å². The van der Waals surface area contributed by atoms with E-state index >= 15 is 0 Å². The monoisotopic (exact) mass is 369 g/mol. The molecule has 2 heterocycles. The molecule has 1 aliphatic heterocycles. The van der Waals surface area contributed by atoms with Crippen LogP contribution in [0, 0.1) is 17.6 Å². The van der Waals surface area contributed by atoms with Gasteiger partial charge in [-0.25, -0.2) is 13.8 Å². The van der Waals surface area contributed by atoms with Crippen LogP contribution < -0.4 is 5.56 Å². The second kappa shape index (κ2) is 7.56. The molecule has 0 atom stereocenters. The highest BCUT2D eigenvalue weighted by atomic mass is 19.1. The summed E-state index contributed by atoms with van der Waals surface area (Å²) in [5, 5.41) is 0.441. The van der Waals surface area contributed by atoms with Crippen LogP contribution in [0.15, 0.2) is 53.6 Å². The summed E-state index contributed by atoms with van der Waals surface area (Å²) in [6, 6.07) is 10.9. The maximum absolute atomic E-state index is 13.8. The van der Waals surface area contributed by atoms with E-state index in [2.05, 4.69) is 9.88 Å². The molecule has 2 aromatic carbocycles. The largest absolute Gasteiger partial charge is 0.299 e. The van der Waals surface area contributed by atoms with Gasteiger partial charge in [-0.05, 0) is 50.0 Å². The number of aromatic nitrogens is 2. The van der Waals surface area contributed by atoms with Crippen molar-refractivity contribution in [1.82, 2.24) is 14.5 Å². The number of hydrogen-bond donors (Lipinski definition) is 0. The van der Waals surface area contributed by atoms with Crippen molar-refractivity contribution in [2.75, 3.05) is 13.1 Å². The predicted octanol–water partition coefficient (Wildman–Crippen LogP) is 3.59. The van der Waals surface area contributed by atoms with Crippen molar-refractivity contribution in [3.8, 4) is 0 Å². The topological polar surface area (TPSA) is 38.1 Å². The minimum Gasteiger partial charge on any atom is -0.299 e. The maximum Gasteiger partial charge on any atom is 0.261 e. The van der Waals surface area contributed by atoms with E-state index in [9.17, 15) is 13.6 Å². The summed E-state index contributed by atoms with van der Waals surface area (Å²) in [7, 11) is 0. The van der Waals surface area contributed by atoms with Crippen LogP contribution in [0.3, 0.4) is 0 Å². The van der Waals surface area contributed by atoms with E-state index in [1.54, 1.807) is 10.6 Å². The molecule has 140 valence electrons. The second-order valence-corrected chi connectivity index (χ2v) is 7.17. The fourth-order valence-corrected chi connectivity index (χ4v) is 3.73. The summed E-state index contributed by atoms with van der Waals surface area (Å²) in [6.07, 6.45) is 3.40. The van der Waals surface area contributed by atoms with Crippen molar-refractivity contribution in [1.29, 1.82) is 0 Å². The number of fused-ring (bicyclic) bond motifs is 1. The Kier molecular flexibility index (Phi) is 4.99. The van der Waals surface area contributed by atoms with E-state index in [0.29, 0.717) is 29.9 Å². The highest BCUT2D eigenvalue weighted by molar-refractivity contribution is 5.77. The zero-order valence-corrected chi connectivity index (χ0v) is 14.9. The zero-order valence-electron chi connectivity index (χ0n) is 14.9. The molecule has 0 radical (unpaired) electrons. The van der Waals surface area contributed by atoms with Gasteiger partial charge in [-0.15, -0.1) is 0 Å². The van der Waals surface area contributed by atoms with Gasteiger partial charge in [0.1, 0.15) is 11.6 Å². The van der Waals surface area contributed by atoms with Crippen LogP contribution in [-0.2, 0) is 13.1 Å². The molecule has 0 saturated carbocycles. The van der Waals surface area contributed by atoms with Crippen LogP contribution >= 0.6 is 0 Å². The first kappa shape index (κ1) is 17.8. The molecule has 0 bridgehead atoms. The van der Waals surface area contributed by atoms with Crippen molar-refractivity contribution >= 4 is 10.9 Å². The van der Waals surface area contributed by atoms with Gasteiger partial charge in [0.05, 0.1) is 17.2 Å².